The summed E-state index contributed by atoms with van der Waals surface area (Å²) in [6.07, 6.45) is 0. The van der Waals surface area contributed by atoms with Crippen LogP contribution in [0.3, 0.4) is 0 Å². The van der Waals surface area contributed by atoms with Crippen LogP contribution in [0.2, 0.25) is 0 Å². The number of benzene rings is 10. The first-order valence-corrected chi connectivity index (χ1v) is 21.7. The zero-order valence-electron chi connectivity index (χ0n) is 34.6. The molecule has 0 amide bonds. The molecule has 13 rings (SSSR count). The van der Waals surface area contributed by atoms with Crippen LogP contribution in [0.4, 0.5) is 0 Å². The Hall–Kier alpha value is -8.67. The molecule has 0 bridgehead atoms. The molecule has 0 spiro atoms. The second kappa shape index (κ2) is 14.5. The number of rotatable bonds is 6. The third-order valence-corrected chi connectivity index (χ3v) is 12.7. The molecule has 0 aliphatic heterocycles. The van der Waals surface area contributed by atoms with E-state index >= 15 is 0 Å². The molecule has 0 saturated carbocycles. The molecular formula is C59H37N5. The number of fused-ring (bicyclic) bond motifs is 9. The predicted molar refractivity (Wildman–Crippen MR) is 265 cm³/mol. The lowest BCUT2D eigenvalue weighted by Gasteiger charge is -2.15. The van der Waals surface area contributed by atoms with Crippen molar-refractivity contribution in [3.8, 4) is 56.7 Å². The van der Waals surface area contributed by atoms with Crippen LogP contribution in [0.1, 0.15) is 0 Å². The van der Waals surface area contributed by atoms with Crippen LogP contribution in [0.5, 0.6) is 0 Å². The van der Waals surface area contributed by atoms with Gasteiger partial charge in [-0.2, -0.15) is 0 Å². The summed E-state index contributed by atoms with van der Waals surface area (Å²) in [6.45, 7) is 0. The molecule has 0 fully saturated rings. The predicted octanol–water partition coefficient (Wildman–Crippen LogP) is 15.0. The van der Waals surface area contributed by atoms with Crippen LogP contribution in [-0.2, 0) is 0 Å². The monoisotopic (exact) mass is 815 g/mol. The summed E-state index contributed by atoms with van der Waals surface area (Å²) in [6, 6.07) is 79.9. The molecule has 10 aromatic carbocycles. The fourth-order valence-electron chi connectivity index (χ4n) is 9.78. The lowest BCUT2D eigenvalue weighted by Crippen LogP contribution is -2.02. The fraction of sp³-hybridized carbons (Fsp3) is 0. The van der Waals surface area contributed by atoms with Gasteiger partial charge in [0.25, 0.3) is 0 Å². The molecule has 64 heavy (non-hydrogen) atoms. The van der Waals surface area contributed by atoms with Gasteiger partial charge in [-0.15, -0.1) is 0 Å². The SMILES string of the molecule is c1ccc(-c2cccc(-c3nc(-c4ccccc4)nc(-c4cc(-n5c6cc7c(cc6c6ccc8ccccc8c65)c5ccccc5n7-c5ccccc5)cc5ccccc45)n3)c2)cc1. The van der Waals surface area contributed by atoms with Crippen molar-refractivity contribution >= 4 is 65.2 Å². The van der Waals surface area contributed by atoms with Gasteiger partial charge in [-0.3, -0.25) is 0 Å². The van der Waals surface area contributed by atoms with Crippen LogP contribution in [-0.4, -0.2) is 24.1 Å². The molecule has 0 unspecified atom stereocenters. The Labute approximate surface area is 368 Å². The molecule has 0 radical (unpaired) electrons. The zero-order valence-corrected chi connectivity index (χ0v) is 34.6. The van der Waals surface area contributed by atoms with Crippen molar-refractivity contribution in [2.75, 3.05) is 0 Å². The number of hydrogen-bond donors (Lipinski definition) is 0. The topological polar surface area (TPSA) is 48.5 Å². The molecule has 0 aliphatic rings. The van der Waals surface area contributed by atoms with Gasteiger partial charge >= 0.3 is 0 Å². The highest BCUT2D eigenvalue weighted by Crippen LogP contribution is 2.43. The Kier molecular flexibility index (Phi) is 8.15. The lowest BCUT2D eigenvalue weighted by atomic mass is 10.0. The molecule has 3 aromatic heterocycles. The number of hydrogen-bond acceptors (Lipinski definition) is 3. The molecule has 0 atom stereocenters. The Morgan fingerprint density at radius 3 is 1.64 bits per heavy atom. The average Bonchev–Trinajstić information content (AvgIpc) is 3.88. The van der Waals surface area contributed by atoms with Gasteiger partial charge in [-0.05, 0) is 75.8 Å². The van der Waals surface area contributed by atoms with Crippen LogP contribution in [0.15, 0.2) is 224 Å². The summed E-state index contributed by atoms with van der Waals surface area (Å²) in [5, 5.41) is 9.40. The van der Waals surface area contributed by atoms with Crippen molar-refractivity contribution in [3.05, 3.63) is 224 Å². The van der Waals surface area contributed by atoms with Crippen LogP contribution < -0.4 is 0 Å². The van der Waals surface area contributed by atoms with Crippen LogP contribution >= 0.6 is 0 Å². The highest BCUT2D eigenvalue weighted by molar-refractivity contribution is 6.23. The first-order valence-electron chi connectivity index (χ1n) is 21.7. The van der Waals surface area contributed by atoms with E-state index in [0.717, 1.165) is 66.5 Å². The summed E-state index contributed by atoms with van der Waals surface area (Å²) in [4.78, 5) is 15.8. The van der Waals surface area contributed by atoms with Gasteiger partial charge in [-0.1, -0.05) is 176 Å². The summed E-state index contributed by atoms with van der Waals surface area (Å²) in [5.41, 5.74) is 11.8. The van der Waals surface area contributed by atoms with Gasteiger partial charge in [0.05, 0.1) is 22.1 Å². The Bertz CT molecular complexity index is 3940. The summed E-state index contributed by atoms with van der Waals surface area (Å²) in [5.74, 6) is 1.86. The van der Waals surface area contributed by atoms with Crippen LogP contribution in [0.25, 0.3) is 122 Å². The van der Waals surface area contributed by atoms with Gasteiger partial charge < -0.3 is 9.13 Å². The molecule has 0 N–H and O–H groups in total. The van der Waals surface area contributed by atoms with Crippen LogP contribution in [0, 0.1) is 0 Å². The van der Waals surface area contributed by atoms with E-state index in [0.29, 0.717) is 17.5 Å². The molecular weight excluding hydrogens is 779 g/mol. The Morgan fingerprint density at radius 1 is 0.266 bits per heavy atom. The molecule has 0 aliphatic carbocycles. The van der Waals surface area contributed by atoms with E-state index in [2.05, 4.69) is 209 Å². The minimum atomic E-state index is 0.615. The average molecular weight is 816 g/mol. The van der Waals surface area contributed by atoms with Gasteiger partial charge in [0.15, 0.2) is 17.5 Å². The maximum Gasteiger partial charge on any atom is 0.164 e. The van der Waals surface area contributed by atoms with Gasteiger partial charge in [0.2, 0.25) is 0 Å². The van der Waals surface area contributed by atoms with Crippen molar-refractivity contribution in [3.63, 3.8) is 0 Å². The second-order valence-electron chi connectivity index (χ2n) is 16.4. The normalized spacial score (nSPS) is 11.8. The minimum Gasteiger partial charge on any atom is -0.309 e. The summed E-state index contributed by atoms with van der Waals surface area (Å²) in [7, 11) is 0. The first kappa shape index (κ1) is 36.0. The lowest BCUT2D eigenvalue weighted by molar-refractivity contribution is 1.07. The number of aromatic nitrogens is 5. The minimum absolute atomic E-state index is 0.615. The quantitative estimate of drug-likeness (QED) is 0.168. The third-order valence-electron chi connectivity index (χ3n) is 12.7. The highest BCUT2D eigenvalue weighted by atomic mass is 15.0. The van der Waals surface area contributed by atoms with Gasteiger partial charge in [-0.25, -0.2) is 15.0 Å². The number of nitrogens with zero attached hydrogens (tertiary/aromatic N) is 5. The standard InChI is InChI=1S/C59H37N5/c1-4-17-38(18-5-1)41-23-16-24-43(33-41)58-60-57(40-20-6-2-7-21-40)61-59(62-58)52-35-45(34-42-22-11-12-27-46(42)52)64-55-37-54-50(36-51(55)49-32-31-39-19-10-13-28-47(39)56(49)64)48-29-14-15-30-53(48)63(54)44-25-8-3-9-26-44/h1-37H. The van der Waals surface area contributed by atoms with E-state index in [1.807, 2.05) is 24.3 Å². The first-order chi connectivity index (χ1) is 31.7. The zero-order chi connectivity index (χ0) is 42.1. The van der Waals surface area contributed by atoms with Crippen molar-refractivity contribution in [1.82, 2.24) is 24.1 Å². The van der Waals surface area contributed by atoms with E-state index < -0.39 is 0 Å². The highest BCUT2D eigenvalue weighted by Gasteiger charge is 2.22. The molecule has 5 nitrogen and oxygen atoms in total. The van der Waals surface area contributed by atoms with Gasteiger partial charge in [0, 0.05) is 55.0 Å². The third kappa shape index (κ3) is 5.75. The van der Waals surface area contributed by atoms with Gasteiger partial charge in [0.1, 0.15) is 0 Å². The van der Waals surface area contributed by atoms with E-state index in [1.165, 1.54) is 37.8 Å². The second-order valence-corrected chi connectivity index (χ2v) is 16.4. The molecule has 3 heterocycles. The van der Waals surface area contributed by atoms with Crippen molar-refractivity contribution in [2.45, 2.75) is 0 Å². The Morgan fingerprint density at radius 2 is 0.844 bits per heavy atom. The maximum atomic E-state index is 5.36. The largest absolute Gasteiger partial charge is 0.309 e. The Balaban J connectivity index is 1.12. The van der Waals surface area contributed by atoms with E-state index in [1.54, 1.807) is 0 Å². The number of para-hydroxylation sites is 2. The maximum absolute atomic E-state index is 5.36. The van der Waals surface area contributed by atoms with E-state index in [9.17, 15) is 0 Å². The molecule has 5 heteroatoms. The van der Waals surface area contributed by atoms with E-state index in [4.69, 9.17) is 15.0 Å². The molecule has 298 valence electrons. The van der Waals surface area contributed by atoms with Crippen molar-refractivity contribution in [1.29, 1.82) is 0 Å². The van der Waals surface area contributed by atoms with E-state index in [-0.39, 0.29) is 0 Å². The summed E-state index contributed by atoms with van der Waals surface area (Å²) >= 11 is 0. The molecule has 13 aromatic rings. The molecule has 0 saturated heterocycles. The van der Waals surface area contributed by atoms with Crippen molar-refractivity contribution < 1.29 is 0 Å². The van der Waals surface area contributed by atoms with Crippen molar-refractivity contribution in [2.24, 2.45) is 0 Å². The summed E-state index contributed by atoms with van der Waals surface area (Å²) < 4.78 is 4.87. The smallest absolute Gasteiger partial charge is 0.164 e. The fourth-order valence-corrected chi connectivity index (χ4v) is 9.78.